The van der Waals surface area contributed by atoms with Gasteiger partial charge in [-0.05, 0) is 52.9 Å². The zero-order valence-electron chi connectivity index (χ0n) is 13.9. The van der Waals surface area contributed by atoms with Crippen molar-refractivity contribution in [1.29, 1.82) is 0 Å². The molecule has 0 atom stereocenters. The molecule has 0 saturated heterocycles. The van der Waals surface area contributed by atoms with E-state index < -0.39 is 0 Å². The molecule has 3 aromatic rings. The fourth-order valence-electron chi connectivity index (χ4n) is 1.93. The monoisotopic (exact) mass is 494 g/mol. The molecule has 1 aromatic carbocycles. The van der Waals surface area contributed by atoms with E-state index >= 15 is 0 Å². The molecule has 1 amide bonds. The van der Waals surface area contributed by atoms with Crippen LogP contribution >= 0.6 is 34.4 Å². The molecule has 2 heterocycles. The number of rotatable bonds is 7. The van der Waals surface area contributed by atoms with Gasteiger partial charge in [0, 0.05) is 27.2 Å². The number of nitrogens with one attached hydrogen (secondary N) is 2. The quantitative estimate of drug-likeness (QED) is 0.151. The number of halogens is 1. The molecule has 4 N–H and O–H groups in total. The molecule has 11 heteroatoms. The first-order valence-electron chi connectivity index (χ1n) is 7.69. The molecule has 2 aromatic heterocycles. The number of anilines is 2. The van der Waals surface area contributed by atoms with Gasteiger partial charge in [0.1, 0.15) is 0 Å². The van der Waals surface area contributed by atoms with Crippen LogP contribution in [0.2, 0.25) is 0 Å². The number of thioether (sulfide) groups is 1. The van der Waals surface area contributed by atoms with Gasteiger partial charge in [-0.25, -0.2) is 10.1 Å². The molecule has 0 spiro atoms. The molecule has 27 heavy (non-hydrogen) atoms. The predicted molar refractivity (Wildman–Crippen MR) is 114 cm³/mol. The highest BCUT2D eigenvalue weighted by molar-refractivity contribution is 14.1. The Hall–Kier alpha value is -2.67. The molecule has 0 radical (unpaired) electrons. The first kappa shape index (κ1) is 19.1. The molecule has 138 valence electrons. The Bertz CT molecular complexity index is 929. The third kappa shape index (κ3) is 5.65. The number of hydrazone groups is 1. The lowest BCUT2D eigenvalue weighted by Gasteiger charge is -2.05. The predicted octanol–water partition coefficient (Wildman–Crippen LogP) is 2.17. The van der Waals surface area contributed by atoms with Crippen molar-refractivity contribution < 1.29 is 4.79 Å². The summed E-state index contributed by atoms with van der Waals surface area (Å²) >= 11 is 3.38. The van der Waals surface area contributed by atoms with Crippen molar-refractivity contribution in [3.8, 4) is 0 Å². The van der Waals surface area contributed by atoms with Crippen LogP contribution in [0.25, 0.3) is 0 Å². The van der Waals surface area contributed by atoms with E-state index in [1.54, 1.807) is 18.6 Å². The van der Waals surface area contributed by atoms with Crippen molar-refractivity contribution in [3.05, 3.63) is 57.9 Å². The van der Waals surface area contributed by atoms with Crippen molar-refractivity contribution in [3.63, 3.8) is 0 Å². The van der Waals surface area contributed by atoms with Crippen LogP contribution in [0.3, 0.4) is 0 Å². The minimum atomic E-state index is -0.159. The first-order valence-corrected chi connectivity index (χ1v) is 9.76. The summed E-state index contributed by atoms with van der Waals surface area (Å²) in [6.45, 7) is 0. The van der Waals surface area contributed by atoms with Crippen molar-refractivity contribution in [1.82, 2.24) is 19.9 Å². The van der Waals surface area contributed by atoms with Gasteiger partial charge in [-0.3, -0.25) is 9.78 Å². The Balaban J connectivity index is 1.51. The molecule has 0 aliphatic rings. The van der Waals surface area contributed by atoms with Crippen molar-refractivity contribution in [2.24, 2.45) is 5.10 Å². The average molecular weight is 494 g/mol. The van der Waals surface area contributed by atoms with Gasteiger partial charge in [0.2, 0.25) is 11.1 Å². The van der Waals surface area contributed by atoms with Crippen LogP contribution in [0.4, 0.5) is 11.6 Å². The fourth-order valence-corrected chi connectivity index (χ4v) is 2.95. The van der Waals surface area contributed by atoms with E-state index in [9.17, 15) is 4.79 Å². The average Bonchev–Trinajstić information content (AvgIpc) is 3.03. The number of carbonyl (C=O) groups excluding carboxylic acids is 1. The first-order chi connectivity index (χ1) is 13.1. The van der Waals surface area contributed by atoms with E-state index in [0.29, 0.717) is 5.16 Å². The second-order valence-electron chi connectivity index (χ2n) is 5.18. The van der Waals surface area contributed by atoms with Crippen molar-refractivity contribution in [2.75, 3.05) is 22.3 Å². The molecular weight excluding hydrogens is 479 g/mol. The smallest absolute Gasteiger partial charge is 0.264 e. The standard InChI is InChI=1S/C16H15IN8OS/c17-12-3-5-13(6-4-12)21-14(26)10-27-16-24-23-15(25(16)18)22-20-9-11-2-1-7-19-8-11/h1-9H,10,18H2,(H,21,26)(H,22,23)/b20-9+. The van der Waals surface area contributed by atoms with Gasteiger partial charge in [-0.15, -0.1) is 10.2 Å². The summed E-state index contributed by atoms with van der Waals surface area (Å²) in [4.78, 5) is 16.0. The molecule has 3 rings (SSSR count). The van der Waals surface area contributed by atoms with Gasteiger partial charge in [0.05, 0.1) is 12.0 Å². The van der Waals surface area contributed by atoms with E-state index in [4.69, 9.17) is 5.84 Å². The lowest BCUT2D eigenvalue weighted by molar-refractivity contribution is -0.113. The highest BCUT2D eigenvalue weighted by Crippen LogP contribution is 2.17. The normalized spacial score (nSPS) is 10.9. The highest BCUT2D eigenvalue weighted by atomic mass is 127. The number of benzene rings is 1. The van der Waals surface area contributed by atoms with Crippen molar-refractivity contribution in [2.45, 2.75) is 5.16 Å². The number of carbonyl (C=O) groups is 1. The third-order valence-electron chi connectivity index (χ3n) is 3.19. The van der Waals surface area contributed by atoms with E-state index in [1.807, 2.05) is 36.4 Å². The summed E-state index contributed by atoms with van der Waals surface area (Å²) in [5, 5.41) is 15.1. The molecule has 0 bridgehead atoms. The summed E-state index contributed by atoms with van der Waals surface area (Å²) in [5.41, 5.74) is 4.27. The molecular formula is C16H15IN8OS. The molecule has 0 unspecified atom stereocenters. The molecule has 0 aliphatic heterocycles. The summed E-state index contributed by atoms with van der Waals surface area (Å²) in [7, 11) is 0. The molecule has 0 saturated carbocycles. The van der Waals surface area contributed by atoms with Crippen LogP contribution in [-0.4, -0.2) is 37.7 Å². The Morgan fingerprint density at radius 1 is 1.30 bits per heavy atom. The maximum Gasteiger partial charge on any atom is 0.264 e. The highest BCUT2D eigenvalue weighted by Gasteiger charge is 2.12. The fraction of sp³-hybridized carbons (Fsp3) is 0.0625. The number of nitrogen functional groups attached to an aromatic ring is 1. The van der Waals surface area contributed by atoms with E-state index in [2.05, 4.69) is 53.6 Å². The summed E-state index contributed by atoms with van der Waals surface area (Å²) < 4.78 is 2.34. The summed E-state index contributed by atoms with van der Waals surface area (Å²) in [5.74, 6) is 6.18. The van der Waals surface area contributed by atoms with Crippen LogP contribution in [0.15, 0.2) is 59.0 Å². The number of hydrogen-bond acceptors (Lipinski definition) is 8. The molecule has 9 nitrogen and oxygen atoms in total. The Morgan fingerprint density at radius 3 is 2.85 bits per heavy atom. The minimum absolute atomic E-state index is 0.153. The number of nitrogens with zero attached hydrogens (tertiary/aromatic N) is 5. The zero-order valence-corrected chi connectivity index (χ0v) is 16.9. The minimum Gasteiger partial charge on any atom is -0.334 e. The third-order valence-corrected chi connectivity index (χ3v) is 4.85. The van der Waals surface area contributed by atoms with Gasteiger partial charge in [-0.1, -0.05) is 17.8 Å². The largest absolute Gasteiger partial charge is 0.334 e. The van der Waals surface area contributed by atoms with Gasteiger partial charge >= 0.3 is 0 Å². The lowest BCUT2D eigenvalue weighted by atomic mass is 10.3. The van der Waals surface area contributed by atoms with Crippen LogP contribution in [0.1, 0.15) is 5.56 Å². The maximum atomic E-state index is 12.0. The van der Waals surface area contributed by atoms with Crippen LogP contribution < -0.4 is 16.6 Å². The van der Waals surface area contributed by atoms with Gasteiger partial charge in [-0.2, -0.15) is 5.10 Å². The Kier molecular flexibility index (Phi) is 6.59. The van der Waals surface area contributed by atoms with Gasteiger partial charge in [0.15, 0.2) is 0 Å². The lowest BCUT2D eigenvalue weighted by Crippen LogP contribution is -2.16. The second kappa shape index (κ2) is 9.32. The molecule has 0 aliphatic carbocycles. The second-order valence-corrected chi connectivity index (χ2v) is 7.36. The van der Waals surface area contributed by atoms with E-state index in [1.165, 1.54) is 16.4 Å². The van der Waals surface area contributed by atoms with Crippen LogP contribution in [0.5, 0.6) is 0 Å². The molecule has 0 fully saturated rings. The number of amides is 1. The zero-order chi connectivity index (χ0) is 19.1. The number of aromatic nitrogens is 4. The van der Waals surface area contributed by atoms with E-state index in [-0.39, 0.29) is 17.6 Å². The number of pyridine rings is 1. The van der Waals surface area contributed by atoms with Crippen molar-refractivity contribution >= 4 is 58.1 Å². The number of nitrogens with two attached hydrogens (primary N) is 1. The Labute approximate surface area is 173 Å². The van der Waals surface area contributed by atoms with Gasteiger partial charge < -0.3 is 11.2 Å². The topological polar surface area (TPSA) is 123 Å². The van der Waals surface area contributed by atoms with E-state index in [0.717, 1.165) is 14.8 Å². The Morgan fingerprint density at radius 2 is 2.11 bits per heavy atom. The van der Waals surface area contributed by atoms with Crippen LogP contribution in [0, 0.1) is 3.57 Å². The van der Waals surface area contributed by atoms with Crippen LogP contribution in [-0.2, 0) is 4.79 Å². The van der Waals surface area contributed by atoms with Gasteiger partial charge in [0.25, 0.3) is 5.95 Å². The SMILES string of the molecule is Nn1c(N/N=C/c2cccnc2)nnc1SCC(=O)Nc1ccc(I)cc1. The maximum absolute atomic E-state index is 12.0. The number of hydrogen-bond donors (Lipinski definition) is 3. The summed E-state index contributed by atoms with van der Waals surface area (Å²) in [6, 6.07) is 11.2. The summed E-state index contributed by atoms with van der Waals surface area (Å²) in [6.07, 6.45) is 4.94.